The predicted octanol–water partition coefficient (Wildman–Crippen LogP) is 3.60. The van der Waals surface area contributed by atoms with Crippen molar-refractivity contribution in [3.63, 3.8) is 0 Å². The zero-order valence-corrected chi connectivity index (χ0v) is 27.0. The van der Waals surface area contributed by atoms with Crippen LogP contribution in [0.2, 0.25) is 5.02 Å². The number of halogens is 1. The molecule has 14 heteroatoms. The van der Waals surface area contributed by atoms with Crippen LogP contribution >= 0.6 is 23.4 Å². The number of amides is 1. The highest BCUT2D eigenvalue weighted by Gasteiger charge is 2.31. The second-order valence-corrected chi connectivity index (χ2v) is 12.3. The Labute approximate surface area is 275 Å². The van der Waals surface area contributed by atoms with Crippen molar-refractivity contribution in [3.05, 3.63) is 82.3 Å². The summed E-state index contributed by atoms with van der Waals surface area (Å²) < 4.78 is 12.5. The summed E-state index contributed by atoms with van der Waals surface area (Å²) in [5, 5.41) is 25.0. The van der Waals surface area contributed by atoms with Gasteiger partial charge in [0.05, 0.1) is 25.8 Å². The molecule has 0 atom stereocenters. The van der Waals surface area contributed by atoms with Crippen molar-refractivity contribution in [2.24, 2.45) is 0 Å². The van der Waals surface area contributed by atoms with Gasteiger partial charge in [-0.3, -0.25) is 19.1 Å². The van der Waals surface area contributed by atoms with E-state index in [1.54, 1.807) is 41.1 Å². The topological polar surface area (TPSA) is 151 Å². The first-order valence-electron chi connectivity index (χ1n) is 14.5. The number of β-amino-alcohol motifs (C(OH)–C–C–N with tert-alkyl or cyclic N) is 2. The smallest absolute Gasteiger partial charge is 0.260 e. The third kappa shape index (κ3) is 7.80. The van der Waals surface area contributed by atoms with E-state index in [9.17, 15) is 19.8 Å². The van der Waals surface area contributed by atoms with Crippen molar-refractivity contribution < 1.29 is 24.5 Å². The lowest BCUT2D eigenvalue weighted by Gasteiger charge is -2.34. The summed E-state index contributed by atoms with van der Waals surface area (Å²) in [7, 11) is 3.02. The molecule has 1 saturated heterocycles. The van der Waals surface area contributed by atoms with Gasteiger partial charge in [-0.2, -0.15) is 4.98 Å². The van der Waals surface area contributed by atoms with Gasteiger partial charge in [0.2, 0.25) is 17.0 Å². The van der Waals surface area contributed by atoms with Gasteiger partial charge in [-0.15, -0.1) is 0 Å². The zero-order chi connectivity index (χ0) is 32.8. The van der Waals surface area contributed by atoms with Gasteiger partial charge in [0, 0.05) is 66.4 Å². The van der Waals surface area contributed by atoms with Crippen LogP contribution in [0.5, 0.6) is 11.5 Å². The molecule has 4 N–H and O–H groups in total. The summed E-state index contributed by atoms with van der Waals surface area (Å²) in [4.78, 5) is 37.0. The zero-order valence-electron chi connectivity index (χ0n) is 25.5. The van der Waals surface area contributed by atoms with E-state index in [1.165, 1.54) is 20.3 Å². The molecule has 0 radical (unpaired) electrons. The standard InChI is InChI=1S/C32H35ClN6O6S/c1-4-27(40)36-22-7-5-20(6-8-22)9-11-39-29-21(15-25(30(39)41)24-16-23(44-2)17-26(45-3)28(24)33)18-35-31(37-29)34-10-12-38-13-14-46-32(42,43)19-38/h4-8,15-18,42-43H,1,9-14,19H2,2-3H3,(H,36,40)(H,34,35,37). The lowest BCUT2D eigenvalue weighted by Crippen LogP contribution is -2.47. The number of rotatable bonds is 12. The van der Waals surface area contributed by atoms with E-state index in [-0.39, 0.29) is 29.6 Å². The van der Waals surface area contributed by atoms with E-state index < -0.39 is 5.12 Å². The number of ether oxygens (including phenoxy) is 2. The number of nitrogens with one attached hydrogen (secondary N) is 2. The summed E-state index contributed by atoms with van der Waals surface area (Å²) in [5.41, 5.74) is 2.49. The number of anilines is 2. The number of benzene rings is 2. The molecule has 4 aromatic rings. The molecule has 1 amide bonds. The number of carbonyl (C=O) groups is 1. The maximum atomic E-state index is 14.2. The molecule has 0 aliphatic carbocycles. The third-order valence-corrected chi connectivity index (χ3v) is 8.87. The SMILES string of the molecule is C=CC(=O)Nc1ccc(CCn2c(=O)c(-c3cc(OC)cc(OC)c3Cl)cc3cnc(NCCN4CCSC(O)(O)C4)nc32)cc1. The van der Waals surface area contributed by atoms with Gasteiger partial charge in [0.1, 0.15) is 17.1 Å². The average molecular weight is 667 g/mol. The van der Waals surface area contributed by atoms with E-state index in [0.29, 0.717) is 70.6 Å². The van der Waals surface area contributed by atoms with Crippen LogP contribution in [0.1, 0.15) is 5.56 Å². The Bertz CT molecular complexity index is 1800. The fourth-order valence-corrected chi connectivity index (χ4v) is 6.38. The number of aliphatic hydroxyl groups is 2. The third-order valence-electron chi connectivity index (χ3n) is 7.50. The van der Waals surface area contributed by atoms with Gasteiger partial charge >= 0.3 is 0 Å². The molecular formula is C32H35ClN6O6S. The minimum absolute atomic E-state index is 0.138. The molecule has 1 aliphatic heterocycles. The lowest BCUT2D eigenvalue weighted by atomic mass is 10.0. The Morgan fingerprint density at radius 1 is 1.15 bits per heavy atom. The van der Waals surface area contributed by atoms with Crippen LogP contribution in [0.3, 0.4) is 0 Å². The van der Waals surface area contributed by atoms with Crippen LogP contribution in [-0.4, -0.2) is 86.8 Å². The van der Waals surface area contributed by atoms with E-state index in [0.717, 1.165) is 23.9 Å². The quantitative estimate of drug-likeness (QED) is 0.130. The summed E-state index contributed by atoms with van der Waals surface area (Å²) in [5.74, 6) is 1.50. The molecule has 46 heavy (non-hydrogen) atoms. The maximum Gasteiger partial charge on any atom is 0.260 e. The van der Waals surface area contributed by atoms with Crippen molar-refractivity contribution in [2.45, 2.75) is 18.1 Å². The Kier molecular flexibility index (Phi) is 10.5. The highest BCUT2D eigenvalue weighted by molar-refractivity contribution is 8.00. The predicted molar refractivity (Wildman–Crippen MR) is 181 cm³/mol. The van der Waals surface area contributed by atoms with Crippen LogP contribution in [0, 0.1) is 0 Å². The van der Waals surface area contributed by atoms with Gasteiger partial charge in [-0.25, -0.2) is 4.98 Å². The Hall–Kier alpha value is -4.14. The van der Waals surface area contributed by atoms with Gasteiger partial charge in [-0.1, -0.05) is 42.1 Å². The second kappa shape index (κ2) is 14.5. The molecule has 1 fully saturated rings. The number of carbonyl (C=O) groups excluding carboxylic acids is 1. The number of methoxy groups -OCH3 is 2. The van der Waals surface area contributed by atoms with E-state index in [1.807, 2.05) is 17.0 Å². The monoisotopic (exact) mass is 666 g/mol. The Morgan fingerprint density at radius 3 is 2.63 bits per heavy atom. The molecule has 1 aliphatic rings. The summed E-state index contributed by atoms with van der Waals surface area (Å²) in [6.45, 7) is 5.64. The van der Waals surface area contributed by atoms with Crippen LogP contribution < -0.4 is 25.7 Å². The molecule has 3 heterocycles. The number of hydrogen-bond acceptors (Lipinski definition) is 11. The van der Waals surface area contributed by atoms with Crippen LogP contribution in [0.4, 0.5) is 11.6 Å². The molecule has 2 aromatic heterocycles. The Balaban J connectivity index is 1.48. The van der Waals surface area contributed by atoms with Crippen molar-refractivity contribution in [1.29, 1.82) is 0 Å². The number of pyridine rings is 1. The minimum atomic E-state index is -1.76. The number of aryl methyl sites for hydroxylation is 2. The van der Waals surface area contributed by atoms with Crippen LogP contribution in [0.15, 0.2) is 66.1 Å². The van der Waals surface area contributed by atoms with Gasteiger partial charge in [0.25, 0.3) is 5.56 Å². The number of nitrogens with zero attached hydrogens (tertiary/aromatic N) is 4. The molecule has 12 nitrogen and oxygen atoms in total. The second-order valence-electron chi connectivity index (χ2n) is 10.6. The summed E-state index contributed by atoms with van der Waals surface area (Å²) in [6.07, 6.45) is 3.35. The van der Waals surface area contributed by atoms with Gasteiger partial charge in [0.15, 0.2) is 0 Å². The van der Waals surface area contributed by atoms with Crippen molar-refractivity contribution >= 4 is 51.9 Å². The minimum Gasteiger partial charge on any atom is -0.497 e. The average Bonchev–Trinajstić information content (AvgIpc) is 3.04. The molecule has 0 saturated carbocycles. The molecule has 242 valence electrons. The first-order chi connectivity index (χ1) is 22.1. The normalized spacial score (nSPS) is 14.5. The molecule has 0 spiro atoms. The van der Waals surface area contributed by atoms with E-state index in [2.05, 4.69) is 22.2 Å². The molecule has 0 bridgehead atoms. The van der Waals surface area contributed by atoms with Crippen molar-refractivity contribution in [2.75, 3.05) is 56.8 Å². The fraction of sp³-hybridized carbons (Fsp3) is 0.312. The van der Waals surface area contributed by atoms with Crippen LogP contribution in [-0.2, 0) is 17.8 Å². The first kappa shape index (κ1) is 33.2. The number of hydrogen-bond donors (Lipinski definition) is 4. The summed E-state index contributed by atoms with van der Waals surface area (Å²) >= 11 is 7.82. The largest absolute Gasteiger partial charge is 0.497 e. The number of aromatic nitrogens is 3. The molecular weight excluding hydrogens is 632 g/mol. The van der Waals surface area contributed by atoms with Crippen molar-refractivity contribution in [1.82, 2.24) is 19.4 Å². The maximum absolute atomic E-state index is 14.2. The van der Waals surface area contributed by atoms with Gasteiger partial charge < -0.3 is 30.3 Å². The molecule has 2 aromatic carbocycles. The molecule has 0 unspecified atom stereocenters. The fourth-order valence-electron chi connectivity index (χ4n) is 5.14. The number of thioether (sulfide) groups is 1. The van der Waals surface area contributed by atoms with Crippen molar-refractivity contribution in [3.8, 4) is 22.6 Å². The van der Waals surface area contributed by atoms with E-state index >= 15 is 0 Å². The first-order valence-corrected chi connectivity index (χ1v) is 15.9. The summed E-state index contributed by atoms with van der Waals surface area (Å²) in [6, 6.07) is 12.4. The van der Waals surface area contributed by atoms with Crippen LogP contribution in [0.25, 0.3) is 22.2 Å². The molecule has 5 rings (SSSR count). The highest BCUT2D eigenvalue weighted by atomic mass is 35.5. The number of fused-ring (bicyclic) bond motifs is 1. The van der Waals surface area contributed by atoms with Gasteiger partial charge in [-0.05, 0) is 42.3 Å². The van der Waals surface area contributed by atoms with E-state index in [4.69, 9.17) is 26.1 Å². The highest BCUT2D eigenvalue weighted by Crippen LogP contribution is 2.38. The lowest BCUT2D eigenvalue weighted by molar-refractivity contribution is -0.111. The Morgan fingerprint density at radius 2 is 1.93 bits per heavy atom.